The summed E-state index contributed by atoms with van der Waals surface area (Å²) in [6.45, 7) is 2.12. The Balaban J connectivity index is 1.53. The van der Waals surface area contributed by atoms with E-state index in [4.69, 9.17) is 4.74 Å². The van der Waals surface area contributed by atoms with Gasteiger partial charge in [0.15, 0.2) is 0 Å². The lowest BCUT2D eigenvalue weighted by Gasteiger charge is -2.58. The van der Waals surface area contributed by atoms with E-state index in [9.17, 15) is 4.79 Å². The summed E-state index contributed by atoms with van der Waals surface area (Å²) in [6, 6.07) is 5.05. The molecular weight excluding hydrogens is 350 g/mol. The Morgan fingerprint density at radius 2 is 2.14 bits per heavy atom. The molecule has 5 rings (SSSR count). The molecule has 5 nitrogen and oxygen atoms in total. The number of piperidine rings is 1. The SMILES string of the molecule is COc1cc2c(cc1NC(=O)C1CCCN1)C[C@H]1C3CCCC[C@@]23CCN1C. The Hall–Kier alpha value is -1.59. The molecule has 2 aliphatic heterocycles. The molecule has 3 fully saturated rings. The second-order valence-electron chi connectivity index (χ2n) is 9.36. The molecule has 4 atom stereocenters. The van der Waals surface area contributed by atoms with E-state index in [1.54, 1.807) is 7.11 Å². The van der Waals surface area contributed by atoms with E-state index in [1.807, 2.05) is 0 Å². The Morgan fingerprint density at radius 3 is 2.93 bits per heavy atom. The van der Waals surface area contributed by atoms with E-state index in [2.05, 4.69) is 34.7 Å². The summed E-state index contributed by atoms with van der Waals surface area (Å²) < 4.78 is 5.76. The molecule has 2 N–H and O–H groups in total. The number of carbonyl (C=O) groups excluding carboxylic acids is 1. The van der Waals surface area contributed by atoms with Crippen LogP contribution in [0.15, 0.2) is 12.1 Å². The number of nitrogens with zero attached hydrogens (tertiary/aromatic N) is 1. The summed E-state index contributed by atoms with van der Waals surface area (Å²) in [5.74, 6) is 1.65. The van der Waals surface area contributed by atoms with Crippen molar-refractivity contribution in [1.29, 1.82) is 0 Å². The van der Waals surface area contributed by atoms with Gasteiger partial charge in [-0.25, -0.2) is 0 Å². The number of fused-ring (bicyclic) bond motifs is 1. The van der Waals surface area contributed by atoms with Crippen LogP contribution in [0.4, 0.5) is 5.69 Å². The summed E-state index contributed by atoms with van der Waals surface area (Å²) in [4.78, 5) is 15.3. The van der Waals surface area contributed by atoms with Gasteiger partial charge in [-0.05, 0) is 87.8 Å². The quantitative estimate of drug-likeness (QED) is 0.842. The molecule has 1 saturated carbocycles. The van der Waals surface area contributed by atoms with Gasteiger partial charge in [0, 0.05) is 11.5 Å². The number of rotatable bonds is 3. The van der Waals surface area contributed by atoms with Crippen LogP contribution < -0.4 is 15.4 Å². The van der Waals surface area contributed by atoms with Crippen LogP contribution in [-0.2, 0) is 16.6 Å². The first-order valence-electron chi connectivity index (χ1n) is 11.1. The molecule has 0 radical (unpaired) electrons. The van der Waals surface area contributed by atoms with Crippen LogP contribution in [0.2, 0.25) is 0 Å². The monoisotopic (exact) mass is 383 g/mol. The molecular formula is C23H33N3O2. The fourth-order valence-corrected chi connectivity index (χ4v) is 6.63. The van der Waals surface area contributed by atoms with Gasteiger partial charge in [-0.15, -0.1) is 0 Å². The molecule has 2 saturated heterocycles. The number of amides is 1. The van der Waals surface area contributed by atoms with Gasteiger partial charge < -0.3 is 20.3 Å². The summed E-state index contributed by atoms with van der Waals surface area (Å²) in [5.41, 5.74) is 4.08. The molecule has 4 aliphatic rings. The van der Waals surface area contributed by atoms with Crippen molar-refractivity contribution >= 4 is 11.6 Å². The van der Waals surface area contributed by atoms with Crippen molar-refractivity contribution in [2.24, 2.45) is 5.92 Å². The number of carbonyl (C=O) groups is 1. The van der Waals surface area contributed by atoms with Crippen LogP contribution in [-0.4, -0.2) is 50.1 Å². The summed E-state index contributed by atoms with van der Waals surface area (Å²) in [6.07, 6.45) is 9.67. The van der Waals surface area contributed by atoms with Crippen molar-refractivity contribution in [2.75, 3.05) is 32.6 Å². The number of ether oxygens (including phenoxy) is 1. The van der Waals surface area contributed by atoms with Gasteiger partial charge in [0.05, 0.1) is 18.8 Å². The highest BCUT2D eigenvalue weighted by molar-refractivity contribution is 5.96. The first-order valence-corrected chi connectivity index (χ1v) is 11.1. The summed E-state index contributed by atoms with van der Waals surface area (Å²) in [7, 11) is 4.02. The van der Waals surface area contributed by atoms with Gasteiger partial charge in [-0.3, -0.25) is 4.79 Å². The maximum atomic E-state index is 12.7. The molecule has 1 aromatic rings. The van der Waals surface area contributed by atoms with E-state index >= 15 is 0 Å². The van der Waals surface area contributed by atoms with Crippen LogP contribution in [0.5, 0.6) is 5.75 Å². The lowest BCUT2D eigenvalue weighted by atomic mass is 9.52. The van der Waals surface area contributed by atoms with Crippen LogP contribution in [0.1, 0.15) is 56.1 Å². The zero-order valence-corrected chi connectivity index (χ0v) is 17.2. The van der Waals surface area contributed by atoms with Gasteiger partial charge in [-0.2, -0.15) is 0 Å². The molecule has 2 unspecified atom stereocenters. The number of hydrogen-bond donors (Lipinski definition) is 2. The lowest BCUT2D eigenvalue weighted by Crippen LogP contribution is -2.59. The first-order chi connectivity index (χ1) is 13.6. The Labute approximate surface area is 168 Å². The van der Waals surface area contributed by atoms with Crippen LogP contribution in [0.25, 0.3) is 0 Å². The van der Waals surface area contributed by atoms with Gasteiger partial charge in [0.25, 0.3) is 0 Å². The molecule has 2 aliphatic carbocycles. The highest BCUT2D eigenvalue weighted by atomic mass is 16.5. The minimum absolute atomic E-state index is 0.0672. The number of anilines is 1. The van der Waals surface area contributed by atoms with Crippen molar-refractivity contribution in [1.82, 2.24) is 10.2 Å². The predicted octanol–water partition coefficient (Wildman–Crippen LogP) is 3.07. The lowest BCUT2D eigenvalue weighted by molar-refractivity contribution is -0.117. The number of methoxy groups -OCH3 is 1. The second-order valence-corrected chi connectivity index (χ2v) is 9.36. The first kappa shape index (κ1) is 18.4. The van der Waals surface area contributed by atoms with Crippen LogP contribution in [0.3, 0.4) is 0 Å². The van der Waals surface area contributed by atoms with Crippen molar-refractivity contribution < 1.29 is 9.53 Å². The van der Waals surface area contributed by atoms with E-state index in [0.29, 0.717) is 11.5 Å². The van der Waals surface area contributed by atoms with Crippen molar-refractivity contribution in [3.8, 4) is 5.75 Å². The molecule has 0 spiro atoms. The summed E-state index contributed by atoms with van der Waals surface area (Å²) in [5, 5.41) is 6.45. The number of likely N-dealkylation sites (N-methyl/N-ethyl adjacent to an activating group) is 1. The van der Waals surface area contributed by atoms with Gasteiger partial charge in [0.1, 0.15) is 5.75 Å². The average Bonchev–Trinajstić information content (AvgIpc) is 3.25. The predicted molar refractivity (Wildman–Crippen MR) is 111 cm³/mol. The van der Waals surface area contributed by atoms with Crippen LogP contribution >= 0.6 is 0 Å². The third-order valence-corrected chi connectivity index (χ3v) is 8.06. The zero-order chi connectivity index (χ0) is 19.3. The Bertz CT molecular complexity index is 773. The van der Waals surface area contributed by atoms with E-state index in [1.165, 1.54) is 49.8 Å². The molecule has 2 bridgehead atoms. The normalized spacial score (nSPS) is 34.4. The second kappa shape index (κ2) is 7.03. The van der Waals surface area contributed by atoms with Gasteiger partial charge >= 0.3 is 0 Å². The number of benzene rings is 1. The number of hydrogen-bond acceptors (Lipinski definition) is 4. The van der Waals surface area contributed by atoms with Crippen molar-refractivity contribution in [2.45, 2.75) is 68.9 Å². The Kier molecular flexibility index (Phi) is 4.63. The van der Waals surface area contributed by atoms with Gasteiger partial charge in [-0.1, -0.05) is 12.8 Å². The minimum Gasteiger partial charge on any atom is -0.495 e. The molecule has 0 aromatic heterocycles. The van der Waals surface area contributed by atoms with Crippen molar-refractivity contribution in [3.05, 3.63) is 23.3 Å². The zero-order valence-electron chi connectivity index (χ0n) is 17.2. The summed E-state index contributed by atoms with van der Waals surface area (Å²) >= 11 is 0. The van der Waals surface area contributed by atoms with Gasteiger partial charge in [0.2, 0.25) is 5.91 Å². The maximum absolute atomic E-state index is 12.7. The van der Waals surface area contributed by atoms with E-state index in [-0.39, 0.29) is 11.9 Å². The largest absolute Gasteiger partial charge is 0.495 e. The molecule has 28 heavy (non-hydrogen) atoms. The highest BCUT2D eigenvalue weighted by Gasteiger charge is 2.53. The number of nitrogens with one attached hydrogen (secondary N) is 2. The number of likely N-dealkylation sites (tertiary alicyclic amines) is 1. The van der Waals surface area contributed by atoms with E-state index < -0.39 is 0 Å². The Morgan fingerprint density at radius 1 is 1.25 bits per heavy atom. The van der Waals surface area contributed by atoms with Crippen LogP contribution in [0, 0.1) is 5.92 Å². The van der Waals surface area contributed by atoms with E-state index in [0.717, 1.165) is 43.2 Å². The average molecular weight is 384 g/mol. The molecule has 2 heterocycles. The third-order valence-electron chi connectivity index (χ3n) is 8.06. The molecule has 1 amide bonds. The fraction of sp³-hybridized carbons (Fsp3) is 0.696. The molecule has 5 heteroatoms. The smallest absolute Gasteiger partial charge is 0.241 e. The van der Waals surface area contributed by atoms with Crippen molar-refractivity contribution in [3.63, 3.8) is 0 Å². The standard InChI is InChI=1S/C23H33N3O2/c1-26-11-9-23-8-4-3-6-16(23)20(26)13-15-12-19(21(28-2)14-17(15)23)25-22(27)18-7-5-10-24-18/h12,14,16,18,20,24H,3-11,13H2,1-2H3,(H,25,27)/t16?,18?,20-,23-/m0/s1. The highest BCUT2D eigenvalue weighted by Crippen LogP contribution is 2.56. The maximum Gasteiger partial charge on any atom is 0.241 e. The molecule has 1 aromatic carbocycles. The topological polar surface area (TPSA) is 53.6 Å². The third kappa shape index (κ3) is 2.78. The minimum atomic E-state index is -0.0763. The fourth-order valence-electron chi connectivity index (χ4n) is 6.63. The molecule has 152 valence electrons.